The van der Waals surface area contributed by atoms with E-state index in [2.05, 4.69) is 5.32 Å². The molecular weight excluding hydrogens is 284 g/mol. The third-order valence-electron chi connectivity index (χ3n) is 3.27. The van der Waals surface area contributed by atoms with Crippen molar-refractivity contribution < 1.29 is 19.1 Å². The van der Waals surface area contributed by atoms with Crippen molar-refractivity contribution in [2.45, 2.75) is 13.3 Å². The van der Waals surface area contributed by atoms with Crippen LogP contribution >= 0.6 is 0 Å². The fourth-order valence-electron chi connectivity index (χ4n) is 2.19. The maximum Gasteiger partial charge on any atom is 0.324 e. The quantitative estimate of drug-likeness (QED) is 0.618. The predicted molar refractivity (Wildman–Crippen MR) is 82.9 cm³/mol. The minimum Gasteiger partial charge on any atom is -0.493 e. The van der Waals surface area contributed by atoms with E-state index in [9.17, 15) is 9.59 Å². The normalized spacial score (nSPS) is 14.5. The lowest BCUT2D eigenvalue weighted by molar-refractivity contribution is -0.125. The molecule has 0 spiro atoms. The molecule has 0 radical (unpaired) electrons. The Morgan fingerprint density at radius 2 is 2.14 bits per heavy atom. The summed E-state index contributed by atoms with van der Waals surface area (Å²) in [5.41, 5.74) is 1.03. The van der Waals surface area contributed by atoms with Gasteiger partial charge in [-0.25, -0.2) is 4.79 Å². The molecule has 1 aliphatic rings. The van der Waals surface area contributed by atoms with Gasteiger partial charge in [0.15, 0.2) is 11.5 Å². The molecule has 0 atom stereocenters. The first-order valence-electron chi connectivity index (χ1n) is 7.17. The van der Waals surface area contributed by atoms with Gasteiger partial charge in [-0.2, -0.15) is 0 Å². The highest BCUT2D eigenvalue weighted by Gasteiger charge is 2.27. The highest BCUT2D eigenvalue weighted by atomic mass is 16.5. The number of allylic oxidation sites excluding steroid dienone is 1. The van der Waals surface area contributed by atoms with Gasteiger partial charge in [0.25, 0.3) is 0 Å². The van der Waals surface area contributed by atoms with E-state index in [0.29, 0.717) is 31.1 Å². The zero-order valence-electron chi connectivity index (χ0n) is 12.8. The SMILES string of the molecule is CC=Cc1ccc(OCCCN2C(=O)CNC2=O)c(OC)c1. The van der Waals surface area contributed by atoms with E-state index in [1.807, 2.05) is 37.3 Å². The molecule has 0 saturated carbocycles. The van der Waals surface area contributed by atoms with Gasteiger partial charge in [-0.1, -0.05) is 18.2 Å². The van der Waals surface area contributed by atoms with Crippen LogP contribution < -0.4 is 14.8 Å². The predicted octanol–water partition coefficient (Wildman–Crippen LogP) is 2.05. The van der Waals surface area contributed by atoms with Crippen molar-refractivity contribution in [3.05, 3.63) is 29.8 Å². The van der Waals surface area contributed by atoms with Crippen molar-refractivity contribution in [1.82, 2.24) is 10.2 Å². The van der Waals surface area contributed by atoms with E-state index in [1.165, 1.54) is 4.90 Å². The lowest BCUT2D eigenvalue weighted by atomic mass is 10.2. The molecule has 0 unspecified atom stereocenters. The summed E-state index contributed by atoms with van der Waals surface area (Å²) >= 11 is 0. The molecule has 1 aliphatic heterocycles. The number of nitrogens with one attached hydrogen (secondary N) is 1. The zero-order chi connectivity index (χ0) is 15.9. The molecule has 1 saturated heterocycles. The van der Waals surface area contributed by atoms with E-state index >= 15 is 0 Å². The van der Waals surface area contributed by atoms with Crippen LogP contribution in [-0.4, -0.2) is 43.6 Å². The van der Waals surface area contributed by atoms with Crippen molar-refractivity contribution in [2.24, 2.45) is 0 Å². The lowest BCUT2D eigenvalue weighted by Gasteiger charge is -2.14. The fourth-order valence-corrected chi connectivity index (χ4v) is 2.19. The molecule has 0 aromatic heterocycles. The van der Waals surface area contributed by atoms with Crippen LogP contribution in [0.15, 0.2) is 24.3 Å². The molecule has 0 aliphatic carbocycles. The third-order valence-corrected chi connectivity index (χ3v) is 3.27. The Bertz CT molecular complexity index is 568. The van der Waals surface area contributed by atoms with Crippen LogP contribution in [0.25, 0.3) is 6.08 Å². The number of amides is 3. The number of carbonyl (C=O) groups is 2. The van der Waals surface area contributed by atoms with Crippen LogP contribution in [-0.2, 0) is 4.79 Å². The molecule has 2 rings (SSSR count). The van der Waals surface area contributed by atoms with Crippen LogP contribution in [0.2, 0.25) is 0 Å². The Morgan fingerprint density at radius 3 is 2.77 bits per heavy atom. The summed E-state index contributed by atoms with van der Waals surface area (Å²) in [5.74, 6) is 1.11. The zero-order valence-corrected chi connectivity index (χ0v) is 12.8. The highest BCUT2D eigenvalue weighted by molar-refractivity contribution is 6.01. The summed E-state index contributed by atoms with van der Waals surface area (Å²) in [5, 5.41) is 2.48. The number of hydrogen-bond donors (Lipinski definition) is 1. The first-order valence-corrected chi connectivity index (χ1v) is 7.17. The highest BCUT2D eigenvalue weighted by Crippen LogP contribution is 2.28. The summed E-state index contributed by atoms with van der Waals surface area (Å²) in [6, 6.07) is 5.35. The van der Waals surface area contributed by atoms with Gasteiger partial charge in [0, 0.05) is 6.54 Å². The van der Waals surface area contributed by atoms with Gasteiger partial charge < -0.3 is 14.8 Å². The summed E-state index contributed by atoms with van der Waals surface area (Å²) in [4.78, 5) is 24.0. The average Bonchev–Trinajstić information content (AvgIpc) is 2.84. The second-order valence-electron chi connectivity index (χ2n) is 4.82. The van der Waals surface area contributed by atoms with Crippen LogP contribution in [0.4, 0.5) is 4.79 Å². The molecule has 6 nitrogen and oxygen atoms in total. The molecule has 1 fully saturated rings. The number of hydrogen-bond acceptors (Lipinski definition) is 4. The molecule has 1 aromatic carbocycles. The van der Waals surface area contributed by atoms with Crippen LogP contribution in [0.5, 0.6) is 11.5 Å². The summed E-state index contributed by atoms with van der Waals surface area (Å²) in [7, 11) is 1.59. The molecule has 6 heteroatoms. The number of methoxy groups -OCH3 is 1. The number of carbonyl (C=O) groups excluding carboxylic acids is 2. The molecule has 1 N–H and O–H groups in total. The Morgan fingerprint density at radius 1 is 1.32 bits per heavy atom. The van der Waals surface area contributed by atoms with Crippen LogP contribution in [0.1, 0.15) is 18.9 Å². The maximum atomic E-state index is 11.4. The first kappa shape index (κ1) is 15.9. The Hall–Kier alpha value is -2.50. The molecule has 3 amide bonds. The number of nitrogens with zero attached hydrogens (tertiary/aromatic N) is 1. The van der Waals surface area contributed by atoms with Crippen molar-refractivity contribution in [3.63, 3.8) is 0 Å². The summed E-state index contributed by atoms with van der Waals surface area (Å²) in [6.07, 6.45) is 4.50. The van der Waals surface area contributed by atoms with Crippen molar-refractivity contribution in [2.75, 3.05) is 26.8 Å². The first-order chi connectivity index (χ1) is 10.7. The van der Waals surface area contributed by atoms with E-state index in [-0.39, 0.29) is 18.5 Å². The van der Waals surface area contributed by atoms with Gasteiger partial charge in [0.1, 0.15) is 0 Å². The number of ether oxygens (including phenoxy) is 2. The molecule has 22 heavy (non-hydrogen) atoms. The second kappa shape index (κ2) is 7.49. The van der Waals surface area contributed by atoms with Gasteiger partial charge in [-0.05, 0) is 31.0 Å². The average molecular weight is 304 g/mol. The minimum absolute atomic E-state index is 0.0833. The largest absolute Gasteiger partial charge is 0.493 e. The summed E-state index contributed by atoms with van der Waals surface area (Å²) < 4.78 is 11.0. The standard InChI is InChI=1S/C16H20N2O4/c1-3-5-12-6-7-13(14(10-12)21-2)22-9-4-8-18-15(19)11-17-16(18)20/h3,5-7,10H,4,8-9,11H2,1-2H3,(H,17,20). The molecule has 0 bridgehead atoms. The lowest BCUT2D eigenvalue weighted by Crippen LogP contribution is -2.32. The van der Waals surface area contributed by atoms with Crippen LogP contribution in [0.3, 0.4) is 0 Å². The molecule has 1 aromatic rings. The Balaban J connectivity index is 1.86. The van der Waals surface area contributed by atoms with E-state index in [0.717, 1.165) is 5.56 Å². The van der Waals surface area contributed by atoms with Gasteiger partial charge in [-0.15, -0.1) is 0 Å². The number of urea groups is 1. The fraction of sp³-hybridized carbons (Fsp3) is 0.375. The van der Waals surface area contributed by atoms with Gasteiger partial charge in [-0.3, -0.25) is 9.69 Å². The number of benzene rings is 1. The van der Waals surface area contributed by atoms with Crippen molar-refractivity contribution in [3.8, 4) is 11.5 Å². The number of imide groups is 1. The van der Waals surface area contributed by atoms with E-state index in [4.69, 9.17) is 9.47 Å². The van der Waals surface area contributed by atoms with Gasteiger partial charge >= 0.3 is 6.03 Å². The van der Waals surface area contributed by atoms with Gasteiger partial charge in [0.2, 0.25) is 5.91 Å². The Labute approximate surface area is 129 Å². The van der Waals surface area contributed by atoms with Crippen molar-refractivity contribution >= 4 is 18.0 Å². The van der Waals surface area contributed by atoms with Crippen LogP contribution in [0, 0.1) is 0 Å². The van der Waals surface area contributed by atoms with E-state index in [1.54, 1.807) is 7.11 Å². The third kappa shape index (κ3) is 3.78. The van der Waals surface area contributed by atoms with E-state index < -0.39 is 0 Å². The maximum absolute atomic E-state index is 11.4. The Kier molecular flexibility index (Phi) is 5.41. The minimum atomic E-state index is -0.335. The van der Waals surface area contributed by atoms with Gasteiger partial charge in [0.05, 0.1) is 20.3 Å². The molecular formula is C16H20N2O4. The smallest absolute Gasteiger partial charge is 0.324 e. The summed E-state index contributed by atoms with van der Waals surface area (Å²) in [6.45, 7) is 2.78. The topological polar surface area (TPSA) is 67.9 Å². The molecule has 1 heterocycles. The molecule has 118 valence electrons. The van der Waals surface area contributed by atoms with Crippen molar-refractivity contribution in [1.29, 1.82) is 0 Å². The second-order valence-corrected chi connectivity index (χ2v) is 4.82. The number of rotatable bonds is 7. The monoisotopic (exact) mass is 304 g/mol.